The SMILES string of the molecule is CSc1ccc(OCC(=O)Nc2cc(F)cc(F)c2)cc1. The maximum Gasteiger partial charge on any atom is 0.262 e. The summed E-state index contributed by atoms with van der Waals surface area (Å²) in [4.78, 5) is 12.7. The lowest BCUT2D eigenvalue weighted by Crippen LogP contribution is -2.20. The molecule has 0 aliphatic rings. The maximum atomic E-state index is 13.0. The van der Waals surface area contributed by atoms with E-state index in [4.69, 9.17) is 4.74 Å². The van der Waals surface area contributed by atoms with Crippen LogP contribution in [0.25, 0.3) is 0 Å². The molecule has 0 aliphatic carbocycles. The monoisotopic (exact) mass is 309 g/mol. The number of hydrogen-bond acceptors (Lipinski definition) is 3. The highest BCUT2D eigenvalue weighted by atomic mass is 32.2. The summed E-state index contributed by atoms with van der Waals surface area (Å²) in [6, 6.07) is 10.1. The van der Waals surface area contributed by atoms with E-state index < -0.39 is 17.5 Å². The van der Waals surface area contributed by atoms with Gasteiger partial charge in [-0.1, -0.05) is 0 Å². The van der Waals surface area contributed by atoms with Crippen molar-refractivity contribution in [2.45, 2.75) is 4.90 Å². The number of carbonyl (C=O) groups is 1. The van der Waals surface area contributed by atoms with Crippen molar-refractivity contribution in [3.63, 3.8) is 0 Å². The number of amides is 1. The Balaban J connectivity index is 1.89. The highest BCUT2D eigenvalue weighted by molar-refractivity contribution is 7.98. The molecule has 1 amide bonds. The highest BCUT2D eigenvalue weighted by Gasteiger charge is 2.06. The maximum absolute atomic E-state index is 13.0. The number of ether oxygens (including phenoxy) is 1. The van der Waals surface area contributed by atoms with Gasteiger partial charge in [0.15, 0.2) is 6.61 Å². The van der Waals surface area contributed by atoms with E-state index in [9.17, 15) is 13.6 Å². The summed E-state index contributed by atoms with van der Waals surface area (Å²) in [5, 5.41) is 2.37. The lowest BCUT2D eigenvalue weighted by Gasteiger charge is -2.08. The smallest absolute Gasteiger partial charge is 0.262 e. The molecule has 0 heterocycles. The van der Waals surface area contributed by atoms with E-state index in [1.54, 1.807) is 23.9 Å². The van der Waals surface area contributed by atoms with E-state index >= 15 is 0 Å². The van der Waals surface area contributed by atoms with E-state index in [0.29, 0.717) is 5.75 Å². The van der Waals surface area contributed by atoms with Gasteiger partial charge in [0, 0.05) is 16.6 Å². The van der Waals surface area contributed by atoms with Crippen molar-refractivity contribution >= 4 is 23.4 Å². The predicted octanol–water partition coefficient (Wildman–Crippen LogP) is 3.70. The minimum Gasteiger partial charge on any atom is -0.484 e. The number of hydrogen-bond donors (Lipinski definition) is 1. The van der Waals surface area contributed by atoms with Gasteiger partial charge in [0.05, 0.1) is 0 Å². The first-order chi connectivity index (χ1) is 10.1. The number of anilines is 1. The summed E-state index contributed by atoms with van der Waals surface area (Å²) in [5.74, 6) is -1.44. The lowest BCUT2D eigenvalue weighted by atomic mass is 10.3. The average Bonchev–Trinajstić information content (AvgIpc) is 2.44. The Morgan fingerprint density at radius 2 is 1.76 bits per heavy atom. The van der Waals surface area contributed by atoms with Crippen LogP contribution in [0.5, 0.6) is 5.75 Å². The molecule has 6 heteroatoms. The zero-order valence-corrected chi connectivity index (χ0v) is 12.0. The van der Waals surface area contributed by atoms with Gasteiger partial charge in [-0.15, -0.1) is 11.8 Å². The van der Waals surface area contributed by atoms with Gasteiger partial charge in [0.1, 0.15) is 17.4 Å². The van der Waals surface area contributed by atoms with Crippen LogP contribution in [-0.2, 0) is 4.79 Å². The first-order valence-electron chi connectivity index (χ1n) is 6.09. The second-order valence-electron chi connectivity index (χ2n) is 4.17. The predicted molar refractivity (Wildman–Crippen MR) is 78.7 cm³/mol. The molecule has 0 saturated heterocycles. The molecule has 0 unspecified atom stereocenters. The van der Waals surface area contributed by atoms with Crippen LogP contribution in [0.15, 0.2) is 47.4 Å². The Hall–Kier alpha value is -2.08. The Morgan fingerprint density at radius 1 is 1.14 bits per heavy atom. The van der Waals surface area contributed by atoms with Crippen LogP contribution in [-0.4, -0.2) is 18.8 Å². The largest absolute Gasteiger partial charge is 0.484 e. The number of rotatable bonds is 5. The molecule has 2 rings (SSSR count). The molecule has 0 atom stereocenters. The molecule has 110 valence electrons. The summed E-state index contributed by atoms with van der Waals surface area (Å²) < 4.78 is 31.2. The van der Waals surface area contributed by atoms with Gasteiger partial charge in [0.25, 0.3) is 5.91 Å². The summed E-state index contributed by atoms with van der Waals surface area (Å²) in [5.41, 5.74) is 0.0545. The van der Waals surface area contributed by atoms with Crippen molar-refractivity contribution in [3.05, 3.63) is 54.1 Å². The molecule has 0 aliphatic heterocycles. The van der Waals surface area contributed by atoms with Gasteiger partial charge in [-0.05, 0) is 42.7 Å². The fourth-order valence-electron chi connectivity index (χ4n) is 1.64. The summed E-state index contributed by atoms with van der Waals surface area (Å²) in [6.07, 6.45) is 1.96. The van der Waals surface area contributed by atoms with Crippen molar-refractivity contribution in [2.75, 3.05) is 18.2 Å². The van der Waals surface area contributed by atoms with Gasteiger partial charge >= 0.3 is 0 Å². The Morgan fingerprint density at radius 3 is 2.33 bits per heavy atom. The molecule has 3 nitrogen and oxygen atoms in total. The molecule has 0 spiro atoms. The van der Waals surface area contributed by atoms with E-state index in [1.807, 2.05) is 18.4 Å². The van der Waals surface area contributed by atoms with E-state index in [2.05, 4.69) is 5.32 Å². The quantitative estimate of drug-likeness (QED) is 0.856. The van der Waals surface area contributed by atoms with Gasteiger partial charge in [-0.3, -0.25) is 4.79 Å². The Bertz CT molecular complexity index is 612. The van der Waals surface area contributed by atoms with Crippen LogP contribution in [0, 0.1) is 11.6 Å². The zero-order chi connectivity index (χ0) is 15.2. The van der Waals surface area contributed by atoms with Crippen molar-refractivity contribution in [3.8, 4) is 5.75 Å². The Labute approximate surface area is 125 Å². The first kappa shape index (κ1) is 15.3. The molecule has 0 bridgehead atoms. The molecule has 1 N–H and O–H groups in total. The minimum absolute atomic E-state index is 0.0545. The Kier molecular flexibility index (Phi) is 5.16. The molecule has 0 aromatic heterocycles. The second kappa shape index (κ2) is 7.08. The number of thioether (sulfide) groups is 1. The third-order valence-electron chi connectivity index (χ3n) is 2.58. The summed E-state index contributed by atoms with van der Waals surface area (Å²) in [6.45, 7) is -0.239. The van der Waals surface area contributed by atoms with Crippen LogP contribution in [0.3, 0.4) is 0 Å². The van der Waals surface area contributed by atoms with Gasteiger partial charge < -0.3 is 10.1 Å². The standard InChI is InChI=1S/C15H13F2NO2S/c1-21-14-4-2-13(3-5-14)20-9-15(19)18-12-7-10(16)6-11(17)8-12/h2-8H,9H2,1H3,(H,18,19). The lowest BCUT2D eigenvalue weighted by molar-refractivity contribution is -0.118. The molecule has 2 aromatic rings. The van der Waals surface area contributed by atoms with Crippen molar-refractivity contribution in [2.24, 2.45) is 0 Å². The molecule has 0 fully saturated rings. The van der Waals surface area contributed by atoms with Gasteiger partial charge in [-0.25, -0.2) is 8.78 Å². The minimum atomic E-state index is -0.751. The van der Waals surface area contributed by atoms with Crippen LogP contribution in [0.1, 0.15) is 0 Å². The third-order valence-corrected chi connectivity index (χ3v) is 3.32. The van der Waals surface area contributed by atoms with E-state index in [1.165, 1.54) is 0 Å². The molecular formula is C15H13F2NO2S. The summed E-state index contributed by atoms with van der Waals surface area (Å²) in [7, 11) is 0. The number of benzene rings is 2. The summed E-state index contributed by atoms with van der Waals surface area (Å²) >= 11 is 1.60. The number of halogens is 2. The van der Waals surface area contributed by atoms with Crippen LogP contribution in [0.4, 0.5) is 14.5 Å². The van der Waals surface area contributed by atoms with Crippen LogP contribution < -0.4 is 10.1 Å². The zero-order valence-electron chi connectivity index (χ0n) is 11.2. The molecule has 0 saturated carbocycles. The molecule has 21 heavy (non-hydrogen) atoms. The number of carbonyl (C=O) groups excluding carboxylic acids is 1. The third kappa shape index (κ3) is 4.75. The molecular weight excluding hydrogens is 296 g/mol. The average molecular weight is 309 g/mol. The van der Waals surface area contributed by atoms with Crippen LogP contribution >= 0.6 is 11.8 Å². The fourth-order valence-corrected chi connectivity index (χ4v) is 2.05. The van der Waals surface area contributed by atoms with E-state index in [-0.39, 0.29) is 12.3 Å². The van der Waals surface area contributed by atoms with Crippen molar-refractivity contribution in [1.82, 2.24) is 0 Å². The van der Waals surface area contributed by atoms with Crippen molar-refractivity contribution in [1.29, 1.82) is 0 Å². The van der Waals surface area contributed by atoms with Crippen molar-refractivity contribution < 1.29 is 18.3 Å². The molecule has 0 radical (unpaired) electrons. The topological polar surface area (TPSA) is 38.3 Å². The fraction of sp³-hybridized carbons (Fsp3) is 0.133. The van der Waals surface area contributed by atoms with Gasteiger partial charge in [-0.2, -0.15) is 0 Å². The number of nitrogens with one attached hydrogen (secondary N) is 1. The van der Waals surface area contributed by atoms with Crippen LogP contribution in [0.2, 0.25) is 0 Å². The first-order valence-corrected chi connectivity index (χ1v) is 7.32. The van der Waals surface area contributed by atoms with E-state index in [0.717, 1.165) is 23.1 Å². The molecule has 2 aromatic carbocycles. The van der Waals surface area contributed by atoms with Gasteiger partial charge in [0.2, 0.25) is 0 Å². The second-order valence-corrected chi connectivity index (χ2v) is 5.05. The normalized spacial score (nSPS) is 10.2. The highest BCUT2D eigenvalue weighted by Crippen LogP contribution is 2.19.